The third-order valence-electron chi connectivity index (χ3n) is 6.71. The summed E-state index contributed by atoms with van der Waals surface area (Å²) in [4.78, 5) is 0.541. The predicted molar refractivity (Wildman–Crippen MR) is 163 cm³/mol. The third-order valence-corrected chi connectivity index (χ3v) is 7.60. The van der Waals surface area contributed by atoms with Gasteiger partial charge < -0.3 is 4.42 Å². The van der Waals surface area contributed by atoms with Crippen molar-refractivity contribution in [2.45, 2.75) is 0 Å². The summed E-state index contributed by atoms with van der Waals surface area (Å²) in [5.74, 6) is 0. The van der Waals surface area contributed by atoms with E-state index in [1.807, 2.05) is 30.3 Å². The minimum Gasteiger partial charge on any atom is -0.464 e. The van der Waals surface area contributed by atoms with Crippen LogP contribution in [0.15, 0.2) is 137 Å². The van der Waals surface area contributed by atoms with E-state index in [1.54, 1.807) is 29.6 Å². The lowest BCUT2D eigenvalue weighted by Gasteiger charge is -2.17. The highest BCUT2D eigenvalue weighted by Crippen LogP contribution is 2.46. The predicted octanol–water partition coefficient (Wildman–Crippen LogP) is 11.0. The Morgan fingerprint density at radius 1 is 0.605 bits per heavy atom. The molecule has 0 aliphatic heterocycles. The fourth-order valence-electron chi connectivity index (χ4n) is 5.02. The van der Waals surface area contributed by atoms with E-state index in [0.29, 0.717) is 10.4 Å². The minimum absolute atomic E-state index is 0.0495. The maximum Gasteiger partial charge on any atom is 0.135 e. The molecule has 0 bridgehead atoms. The van der Waals surface area contributed by atoms with Gasteiger partial charge in [0.15, 0.2) is 0 Å². The number of fused-ring (bicyclic) bond motifs is 4. The van der Waals surface area contributed by atoms with Gasteiger partial charge in [-0.2, -0.15) is 0 Å². The summed E-state index contributed by atoms with van der Waals surface area (Å²) < 4.78 is 113. The van der Waals surface area contributed by atoms with E-state index >= 15 is 0 Å². The van der Waals surface area contributed by atoms with Gasteiger partial charge in [-0.05, 0) is 78.6 Å². The number of benzene rings is 6. The van der Waals surface area contributed by atoms with Gasteiger partial charge >= 0.3 is 0 Å². The lowest BCUT2D eigenvalue weighted by Crippen LogP contribution is -1.90. The van der Waals surface area contributed by atoms with Crippen LogP contribution in [-0.2, 0) is 0 Å². The lowest BCUT2D eigenvalue weighted by molar-refractivity contribution is 0.617. The molecule has 0 aliphatic carbocycles. The Balaban J connectivity index is 1.68. The first-order valence-electron chi connectivity index (χ1n) is 17.9. The van der Waals surface area contributed by atoms with E-state index in [-0.39, 0.29) is 66.9 Å². The third kappa shape index (κ3) is 3.24. The van der Waals surface area contributed by atoms with Crippen LogP contribution in [0.5, 0.6) is 0 Å². The summed E-state index contributed by atoms with van der Waals surface area (Å²) in [6, 6.07) is 10.9. The summed E-state index contributed by atoms with van der Waals surface area (Å²) in [7, 11) is 0. The lowest BCUT2D eigenvalue weighted by atomic mass is 9.85. The zero-order chi connectivity index (χ0) is 35.5. The average Bonchev–Trinajstić information content (AvgIpc) is 3.77. The van der Waals surface area contributed by atoms with Gasteiger partial charge in [0.25, 0.3) is 0 Å². The summed E-state index contributed by atoms with van der Waals surface area (Å²) in [6.45, 7) is 0. The molecule has 0 saturated carbocycles. The number of hydrogen-bond acceptors (Lipinski definition) is 2. The average molecular weight is 515 g/mol. The van der Waals surface area contributed by atoms with Gasteiger partial charge in [-0.3, -0.25) is 0 Å². The first-order valence-corrected chi connectivity index (χ1v) is 12.7. The normalized spacial score (nSPS) is 16.1. The Morgan fingerprint density at radius 2 is 1.32 bits per heavy atom. The molecule has 0 amide bonds. The topological polar surface area (TPSA) is 13.1 Å². The van der Waals surface area contributed by atoms with Crippen LogP contribution in [0.25, 0.3) is 76.0 Å². The second-order valence-corrected chi connectivity index (χ2v) is 9.77. The highest BCUT2D eigenvalue weighted by molar-refractivity contribution is 7.13. The first-order chi connectivity index (χ1) is 23.8. The highest BCUT2D eigenvalue weighted by Gasteiger charge is 2.19. The molecule has 0 unspecified atom stereocenters. The Kier molecular flexibility index (Phi) is 2.83. The van der Waals surface area contributed by atoms with Gasteiger partial charge in [0, 0.05) is 21.4 Å². The van der Waals surface area contributed by atoms with Gasteiger partial charge in [0.2, 0.25) is 0 Å². The van der Waals surface area contributed by atoms with E-state index in [4.69, 9.17) is 15.4 Å². The molecule has 1 nitrogen and oxygen atoms in total. The van der Waals surface area contributed by atoms with E-state index < -0.39 is 60.6 Å². The van der Waals surface area contributed by atoms with Crippen molar-refractivity contribution in [3.63, 3.8) is 0 Å². The van der Waals surface area contributed by atoms with Crippen LogP contribution in [0.2, 0.25) is 0 Å². The smallest absolute Gasteiger partial charge is 0.135 e. The van der Waals surface area contributed by atoms with Crippen LogP contribution < -0.4 is 0 Å². The Labute approximate surface area is 241 Å². The number of furan rings is 1. The van der Waals surface area contributed by atoms with Crippen molar-refractivity contribution >= 4 is 54.6 Å². The second-order valence-electron chi connectivity index (χ2n) is 8.82. The maximum atomic E-state index is 9.21. The first kappa shape index (κ1) is 12.7. The monoisotopic (exact) mass is 514 g/mol. The molecular weight excluding hydrogens is 480 g/mol. The zero-order valence-electron chi connectivity index (χ0n) is 31.6. The van der Waals surface area contributed by atoms with E-state index in [1.165, 1.54) is 11.3 Å². The van der Waals surface area contributed by atoms with Crippen LogP contribution in [-0.4, -0.2) is 0 Å². The molecule has 0 saturated heterocycles. The van der Waals surface area contributed by atoms with Crippen molar-refractivity contribution in [1.82, 2.24) is 0 Å². The molecule has 0 N–H and O–H groups in total. The van der Waals surface area contributed by atoms with Crippen LogP contribution >= 0.6 is 11.3 Å². The molecule has 8 rings (SSSR count). The molecule has 8 aromatic rings. The molecule has 6 aromatic carbocycles. The standard InChI is InChI=1S/C36H22OS/c1-2-9-24-20-26(16-15-23(24)8-1)35-28-10-3-5-12-30(28)36(31-13-6-4-11-29(31)35)32-22-37-33-21-25(17-18-27(32)33)34-14-7-19-38-34/h1-22H/i3D,4D,5D,6D,10D,11D,12D,13D,17D,18D,21D,22D. The van der Waals surface area contributed by atoms with Crippen LogP contribution in [0, 0.1) is 0 Å². The van der Waals surface area contributed by atoms with Crippen molar-refractivity contribution in [3.8, 4) is 32.7 Å². The minimum atomic E-state index is -0.610. The van der Waals surface area contributed by atoms with Crippen LogP contribution in [0.3, 0.4) is 0 Å². The van der Waals surface area contributed by atoms with Gasteiger partial charge in [-0.25, -0.2) is 0 Å². The largest absolute Gasteiger partial charge is 0.464 e. The van der Waals surface area contributed by atoms with E-state index in [9.17, 15) is 5.48 Å². The van der Waals surface area contributed by atoms with Crippen molar-refractivity contribution in [1.29, 1.82) is 0 Å². The van der Waals surface area contributed by atoms with Crippen molar-refractivity contribution in [2.24, 2.45) is 0 Å². The quantitative estimate of drug-likeness (QED) is 0.214. The number of rotatable bonds is 3. The summed E-state index contributed by atoms with van der Waals surface area (Å²) in [6.07, 6.45) is -0.592. The van der Waals surface area contributed by atoms with Crippen LogP contribution in [0.1, 0.15) is 16.4 Å². The molecular formula is C36H22OS. The summed E-state index contributed by atoms with van der Waals surface area (Å²) in [5.41, 5.74) is 0.140. The Morgan fingerprint density at radius 3 is 2.03 bits per heavy atom. The van der Waals surface area contributed by atoms with E-state index in [2.05, 4.69) is 0 Å². The van der Waals surface area contributed by atoms with Gasteiger partial charge in [0.1, 0.15) is 6.95 Å². The fourth-order valence-corrected chi connectivity index (χ4v) is 5.70. The highest BCUT2D eigenvalue weighted by atomic mass is 32.1. The van der Waals surface area contributed by atoms with Crippen molar-refractivity contribution in [3.05, 3.63) is 133 Å². The molecule has 2 aromatic heterocycles. The summed E-state index contributed by atoms with van der Waals surface area (Å²) in [5, 5.41) is 2.90. The molecule has 2 heterocycles. The SMILES string of the molecule is [2H]c1oc2c([2H])c(-c3cccs3)c([2H])c([2H])c2c1-c1c2c([2H])c([2H])c([2H])c([2H])c2c(-c2ccc3ccccc3c2)c2c([2H])c([2H])c([2H])c([2H])c12. The zero-order valence-corrected chi connectivity index (χ0v) is 20.4. The molecule has 0 radical (unpaired) electrons. The molecule has 0 spiro atoms. The Bertz CT molecular complexity index is 2710. The second kappa shape index (κ2) is 8.44. The maximum absolute atomic E-state index is 9.21. The van der Waals surface area contributed by atoms with Crippen molar-refractivity contribution in [2.75, 3.05) is 0 Å². The Hall–Kier alpha value is -4.66. The van der Waals surface area contributed by atoms with E-state index in [0.717, 1.165) is 10.8 Å². The fraction of sp³-hybridized carbons (Fsp3) is 0. The van der Waals surface area contributed by atoms with Gasteiger partial charge in [0.05, 0.1) is 21.3 Å². The molecule has 178 valence electrons. The molecule has 0 fully saturated rings. The van der Waals surface area contributed by atoms with Crippen molar-refractivity contribution < 1.29 is 20.9 Å². The van der Waals surface area contributed by atoms with Gasteiger partial charge in [-0.15, -0.1) is 11.3 Å². The van der Waals surface area contributed by atoms with Crippen LogP contribution in [0.4, 0.5) is 0 Å². The summed E-state index contributed by atoms with van der Waals surface area (Å²) >= 11 is 1.27. The number of thiophene rings is 1. The molecule has 0 aliphatic rings. The molecule has 38 heavy (non-hydrogen) atoms. The molecule has 2 heteroatoms. The molecule has 0 atom stereocenters. The van der Waals surface area contributed by atoms with Gasteiger partial charge in [-0.1, -0.05) is 96.8 Å². The number of hydrogen-bond donors (Lipinski definition) is 0.